The average Bonchev–Trinajstić information content (AvgIpc) is 3.40. The normalized spacial score (nSPS) is 13.3. The van der Waals surface area contributed by atoms with Crippen molar-refractivity contribution in [3.8, 4) is 0 Å². The van der Waals surface area contributed by atoms with Gasteiger partial charge in [0.05, 0.1) is 17.2 Å². The molecule has 186 valence electrons. The Morgan fingerprint density at radius 2 is 1.57 bits per heavy atom. The van der Waals surface area contributed by atoms with Gasteiger partial charge in [-0.1, -0.05) is 56.3 Å². The van der Waals surface area contributed by atoms with Crippen LogP contribution in [0.1, 0.15) is 48.5 Å². The number of furan rings is 1. The Balaban J connectivity index is 1.74. The van der Waals surface area contributed by atoms with Gasteiger partial charge in [-0.05, 0) is 42.3 Å². The smallest absolute Gasteiger partial charge is 0.287 e. The van der Waals surface area contributed by atoms with Gasteiger partial charge in [0.1, 0.15) is 6.04 Å². The van der Waals surface area contributed by atoms with E-state index in [0.29, 0.717) is 19.5 Å². The molecule has 0 saturated heterocycles. The quantitative estimate of drug-likeness (QED) is 0.421. The number of carbonyl (C=O) groups is 2. The van der Waals surface area contributed by atoms with Crippen molar-refractivity contribution in [2.24, 2.45) is 0 Å². The van der Waals surface area contributed by atoms with E-state index in [1.54, 1.807) is 51.1 Å². The van der Waals surface area contributed by atoms with Gasteiger partial charge in [-0.25, -0.2) is 8.42 Å². The molecular weight excluding hydrogens is 466 g/mol. The fraction of sp³-hybridized carbons (Fsp3) is 0.308. The molecule has 0 fully saturated rings. The topological polar surface area (TPSA) is 109 Å². The van der Waals surface area contributed by atoms with Crippen LogP contribution in [0.15, 0.2) is 82.3 Å². The highest BCUT2D eigenvalue weighted by atomic mass is 32.2. The van der Waals surface area contributed by atoms with Crippen LogP contribution >= 0.6 is 0 Å². The monoisotopic (exact) mass is 497 g/mol. The molecule has 35 heavy (non-hydrogen) atoms. The Hall–Kier alpha value is -3.43. The van der Waals surface area contributed by atoms with Crippen molar-refractivity contribution in [3.63, 3.8) is 0 Å². The van der Waals surface area contributed by atoms with Crippen LogP contribution in [0.5, 0.6) is 0 Å². The van der Waals surface area contributed by atoms with Crippen LogP contribution in [-0.2, 0) is 21.2 Å². The van der Waals surface area contributed by atoms with Crippen LogP contribution in [0.25, 0.3) is 0 Å². The number of hydrogen-bond donors (Lipinski definition) is 2. The van der Waals surface area contributed by atoms with Gasteiger partial charge < -0.3 is 15.1 Å². The molecule has 0 saturated carbocycles. The summed E-state index contributed by atoms with van der Waals surface area (Å²) in [4.78, 5) is 25.9. The molecule has 2 atom stereocenters. The number of benzene rings is 2. The van der Waals surface area contributed by atoms with Crippen molar-refractivity contribution in [2.75, 3.05) is 13.1 Å². The zero-order valence-corrected chi connectivity index (χ0v) is 20.9. The molecule has 1 heterocycles. The summed E-state index contributed by atoms with van der Waals surface area (Å²) in [6.45, 7) is 6.17. The van der Waals surface area contributed by atoms with Gasteiger partial charge >= 0.3 is 0 Å². The third-order valence-corrected chi connectivity index (χ3v) is 7.80. The van der Waals surface area contributed by atoms with E-state index in [9.17, 15) is 18.0 Å². The third kappa shape index (κ3) is 6.58. The molecule has 0 aliphatic heterocycles. The average molecular weight is 498 g/mol. The predicted molar refractivity (Wildman–Crippen MR) is 133 cm³/mol. The van der Waals surface area contributed by atoms with E-state index in [1.807, 2.05) is 30.3 Å². The molecule has 1 aromatic heterocycles. The Morgan fingerprint density at radius 3 is 2.14 bits per heavy atom. The number of amides is 2. The van der Waals surface area contributed by atoms with E-state index in [2.05, 4.69) is 10.6 Å². The SMILES string of the molecule is CCN(CC)S(=O)(=O)c1ccc([C@@H](C)NC(=O)[C@@H](Cc2ccccc2)NC(=O)c2ccco2)cc1. The summed E-state index contributed by atoms with van der Waals surface area (Å²) in [5.41, 5.74) is 1.64. The van der Waals surface area contributed by atoms with Crippen molar-refractivity contribution in [2.45, 2.75) is 44.2 Å². The highest BCUT2D eigenvalue weighted by Gasteiger charge is 2.25. The molecule has 9 heteroatoms. The molecule has 0 spiro atoms. The minimum absolute atomic E-state index is 0.119. The van der Waals surface area contributed by atoms with Crippen molar-refractivity contribution >= 4 is 21.8 Å². The molecule has 2 N–H and O–H groups in total. The number of rotatable bonds is 11. The molecule has 0 radical (unpaired) electrons. The molecule has 8 nitrogen and oxygen atoms in total. The number of nitrogens with zero attached hydrogens (tertiary/aromatic N) is 1. The van der Waals surface area contributed by atoms with E-state index >= 15 is 0 Å². The second kappa shape index (κ2) is 11.8. The van der Waals surface area contributed by atoms with E-state index < -0.39 is 28.0 Å². The van der Waals surface area contributed by atoms with E-state index in [4.69, 9.17) is 4.42 Å². The summed E-state index contributed by atoms with van der Waals surface area (Å²) in [6, 6.07) is 17.8. The second-order valence-corrected chi connectivity index (χ2v) is 10.0. The number of carbonyl (C=O) groups excluding carboxylic acids is 2. The standard InChI is InChI=1S/C26H31N3O5S/c1-4-29(5-2)35(32,33)22-15-13-21(14-16-22)19(3)27-25(30)23(18-20-10-7-6-8-11-20)28-26(31)24-12-9-17-34-24/h6-17,19,23H,4-5,18H2,1-3H3,(H,27,30)(H,28,31)/t19-,23-/m1/s1. The first-order chi connectivity index (χ1) is 16.8. The summed E-state index contributed by atoms with van der Waals surface area (Å²) in [5, 5.41) is 5.68. The Bertz CT molecular complexity index is 1210. The lowest BCUT2D eigenvalue weighted by molar-refractivity contribution is -0.123. The van der Waals surface area contributed by atoms with Gasteiger partial charge in [-0.2, -0.15) is 4.31 Å². The van der Waals surface area contributed by atoms with Gasteiger partial charge in [0.2, 0.25) is 15.9 Å². The maximum atomic E-state index is 13.2. The summed E-state index contributed by atoms with van der Waals surface area (Å²) in [7, 11) is -3.56. The predicted octanol–water partition coefficient (Wildman–Crippen LogP) is 3.53. The fourth-order valence-electron chi connectivity index (χ4n) is 3.73. The summed E-state index contributed by atoms with van der Waals surface area (Å²) < 4.78 is 32.0. The highest BCUT2D eigenvalue weighted by molar-refractivity contribution is 7.89. The molecule has 3 aromatic rings. The molecule has 0 bridgehead atoms. The summed E-state index contributed by atoms with van der Waals surface area (Å²) in [5.74, 6) is -0.722. The summed E-state index contributed by atoms with van der Waals surface area (Å²) >= 11 is 0. The van der Waals surface area contributed by atoms with Gasteiger partial charge in [-0.15, -0.1) is 0 Å². The van der Waals surface area contributed by atoms with Crippen molar-refractivity contribution in [3.05, 3.63) is 89.9 Å². The number of nitrogens with one attached hydrogen (secondary N) is 2. The van der Waals surface area contributed by atoms with Gasteiger partial charge in [-0.3, -0.25) is 9.59 Å². The molecule has 3 rings (SSSR count). The lowest BCUT2D eigenvalue weighted by Crippen LogP contribution is -2.48. The van der Waals surface area contributed by atoms with Crippen LogP contribution in [0.4, 0.5) is 0 Å². The van der Waals surface area contributed by atoms with Crippen LogP contribution in [-0.4, -0.2) is 43.7 Å². The Labute approximate surface area is 206 Å². The number of hydrogen-bond acceptors (Lipinski definition) is 5. The van der Waals surface area contributed by atoms with E-state index in [1.165, 1.54) is 16.6 Å². The van der Waals surface area contributed by atoms with Crippen molar-refractivity contribution in [1.82, 2.24) is 14.9 Å². The van der Waals surface area contributed by atoms with Crippen molar-refractivity contribution in [1.29, 1.82) is 0 Å². The maximum Gasteiger partial charge on any atom is 0.287 e. The fourth-order valence-corrected chi connectivity index (χ4v) is 5.19. The third-order valence-electron chi connectivity index (χ3n) is 5.73. The highest BCUT2D eigenvalue weighted by Crippen LogP contribution is 2.20. The summed E-state index contributed by atoms with van der Waals surface area (Å²) in [6.07, 6.45) is 1.69. The molecule has 0 unspecified atom stereocenters. The first-order valence-corrected chi connectivity index (χ1v) is 13.0. The molecule has 0 aliphatic rings. The molecule has 0 aliphatic carbocycles. The second-order valence-electron chi connectivity index (χ2n) is 8.08. The Kier molecular flexibility index (Phi) is 8.84. The minimum Gasteiger partial charge on any atom is -0.459 e. The first kappa shape index (κ1) is 26.2. The molecule has 2 aromatic carbocycles. The molecule has 2 amide bonds. The zero-order valence-electron chi connectivity index (χ0n) is 20.1. The minimum atomic E-state index is -3.56. The lowest BCUT2D eigenvalue weighted by atomic mass is 10.0. The van der Waals surface area contributed by atoms with E-state index in [0.717, 1.165) is 11.1 Å². The lowest BCUT2D eigenvalue weighted by Gasteiger charge is -2.22. The van der Waals surface area contributed by atoms with Crippen molar-refractivity contribution < 1.29 is 22.4 Å². The van der Waals surface area contributed by atoms with Crippen LogP contribution < -0.4 is 10.6 Å². The zero-order chi connectivity index (χ0) is 25.4. The number of sulfonamides is 1. The van der Waals surface area contributed by atoms with Gasteiger partial charge in [0.25, 0.3) is 5.91 Å². The molecular formula is C26H31N3O5S. The van der Waals surface area contributed by atoms with Gasteiger partial charge in [0.15, 0.2) is 5.76 Å². The largest absolute Gasteiger partial charge is 0.459 e. The van der Waals surface area contributed by atoms with Gasteiger partial charge in [0, 0.05) is 19.5 Å². The maximum absolute atomic E-state index is 13.2. The van der Waals surface area contributed by atoms with Crippen LogP contribution in [0, 0.1) is 0 Å². The first-order valence-electron chi connectivity index (χ1n) is 11.5. The Morgan fingerprint density at radius 1 is 0.914 bits per heavy atom. The van der Waals surface area contributed by atoms with Crippen LogP contribution in [0.3, 0.4) is 0 Å². The van der Waals surface area contributed by atoms with E-state index in [-0.39, 0.29) is 16.6 Å². The van der Waals surface area contributed by atoms with Crippen LogP contribution in [0.2, 0.25) is 0 Å².